The topological polar surface area (TPSA) is 50.4 Å². The van der Waals surface area contributed by atoms with Crippen molar-refractivity contribution < 1.29 is 4.52 Å². The van der Waals surface area contributed by atoms with Crippen molar-refractivity contribution in [2.24, 2.45) is 10.9 Å². The Labute approximate surface area is 113 Å². The number of aromatic nitrogens is 1. The molecule has 2 rings (SSSR count). The van der Waals surface area contributed by atoms with Gasteiger partial charge in [-0.3, -0.25) is 4.99 Å². The molecule has 1 aromatic heterocycles. The van der Waals surface area contributed by atoms with Gasteiger partial charge in [-0.25, -0.2) is 0 Å². The van der Waals surface area contributed by atoms with Crippen LogP contribution in [0.3, 0.4) is 0 Å². The normalized spacial score (nSPS) is 22.5. The maximum absolute atomic E-state index is 5.15. The van der Waals surface area contributed by atoms with Crippen molar-refractivity contribution in [3.63, 3.8) is 0 Å². The van der Waals surface area contributed by atoms with Gasteiger partial charge in [0.05, 0.1) is 12.2 Å². The van der Waals surface area contributed by atoms with E-state index < -0.39 is 0 Å². The van der Waals surface area contributed by atoms with Gasteiger partial charge in [-0.05, 0) is 26.2 Å². The van der Waals surface area contributed by atoms with E-state index in [2.05, 4.69) is 29.3 Å². The second kappa shape index (κ2) is 5.78. The quantitative estimate of drug-likeness (QED) is 0.915. The minimum Gasteiger partial charge on any atom is -0.362 e. The molecule has 0 saturated carbocycles. The Kier molecular flexibility index (Phi) is 4.32. The van der Waals surface area contributed by atoms with Crippen LogP contribution in [0.5, 0.6) is 0 Å². The lowest BCUT2D eigenvalue weighted by molar-refractivity contribution is 0.392. The third kappa shape index (κ3) is 3.07. The summed E-state index contributed by atoms with van der Waals surface area (Å²) < 4.78 is 5.15. The van der Waals surface area contributed by atoms with E-state index in [0.717, 1.165) is 27.9 Å². The summed E-state index contributed by atoms with van der Waals surface area (Å²) in [4.78, 5) is 4.65. The molecule has 0 aliphatic carbocycles. The first-order valence-corrected chi connectivity index (χ1v) is 7.42. The highest BCUT2D eigenvalue weighted by Gasteiger charge is 2.20. The maximum Gasteiger partial charge on any atom is 0.157 e. The largest absolute Gasteiger partial charge is 0.362 e. The summed E-state index contributed by atoms with van der Waals surface area (Å²) in [6, 6.07) is 0.551. The molecule has 0 spiro atoms. The van der Waals surface area contributed by atoms with Crippen LogP contribution in [0.4, 0.5) is 0 Å². The summed E-state index contributed by atoms with van der Waals surface area (Å²) in [6.07, 6.45) is 1.21. The van der Waals surface area contributed by atoms with Gasteiger partial charge in [0.25, 0.3) is 0 Å². The third-order valence-electron chi connectivity index (χ3n) is 3.34. The zero-order valence-electron chi connectivity index (χ0n) is 11.5. The lowest BCUT2D eigenvalue weighted by atomic mass is 10.0. The fourth-order valence-corrected chi connectivity index (χ4v) is 2.98. The third-order valence-corrected chi connectivity index (χ3v) is 4.30. The second-order valence-corrected chi connectivity index (χ2v) is 6.14. The van der Waals surface area contributed by atoms with Gasteiger partial charge in [0.15, 0.2) is 5.17 Å². The fraction of sp³-hybridized carbons (Fsp3) is 0.692. The Morgan fingerprint density at radius 3 is 2.89 bits per heavy atom. The summed E-state index contributed by atoms with van der Waals surface area (Å²) in [5, 5.41) is 8.52. The molecule has 5 heteroatoms. The number of nitrogens with zero attached hydrogens (tertiary/aromatic N) is 2. The molecule has 1 aromatic rings. The molecule has 4 nitrogen and oxygen atoms in total. The number of thioether (sulfide) groups is 1. The molecule has 1 aliphatic rings. The highest BCUT2D eigenvalue weighted by Crippen LogP contribution is 2.20. The molecule has 0 bridgehead atoms. The first-order chi connectivity index (χ1) is 8.58. The minimum atomic E-state index is 0.551. The van der Waals surface area contributed by atoms with Crippen LogP contribution in [0.15, 0.2) is 9.52 Å². The van der Waals surface area contributed by atoms with Crippen molar-refractivity contribution in [2.45, 2.75) is 46.7 Å². The average Bonchev–Trinajstić information content (AvgIpc) is 2.67. The van der Waals surface area contributed by atoms with E-state index in [9.17, 15) is 0 Å². The molecule has 0 aromatic carbocycles. The van der Waals surface area contributed by atoms with E-state index in [1.807, 2.05) is 13.8 Å². The number of nitrogens with one attached hydrogen (secondary N) is 1. The van der Waals surface area contributed by atoms with Crippen LogP contribution in [-0.4, -0.2) is 22.1 Å². The van der Waals surface area contributed by atoms with Crippen molar-refractivity contribution in [2.75, 3.05) is 5.75 Å². The molecule has 1 N–H and O–H groups in total. The van der Waals surface area contributed by atoms with Gasteiger partial charge in [0, 0.05) is 17.4 Å². The SMILES string of the molecule is Cc1noc(C)c1CN=C1NC(C(C)C)CCS1. The number of aliphatic imine (C=N–C) groups is 1. The zero-order valence-corrected chi connectivity index (χ0v) is 12.3. The van der Waals surface area contributed by atoms with E-state index in [-0.39, 0.29) is 0 Å². The van der Waals surface area contributed by atoms with E-state index in [0.29, 0.717) is 18.5 Å². The lowest BCUT2D eigenvalue weighted by Gasteiger charge is -2.28. The highest BCUT2D eigenvalue weighted by molar-refractivity contribution is 8.13. The van der Waals surface area contributed by atoms with Crippen molar-refractivity contribution >= 4 is 16.9 Å². The van der Waals surface area contributed by atoms with Gasteiger partial charge in [-0.15, -0.1) is 0 Å². The molecule has 2 heterocycles. The standard InChI is InChI=1S/C13H21N3OS/c1-8(2)12-5-6-18-13(15-12)14-7-11-9(3)16-17-10(11)4/h8,12H,5-7H2,1-4H3,(H,14,15). The minimum absolute atomic E-state index is 0.551. The van der Waals surface area contributed by atoms with Crippen molar-refractivity contribution in [3.8, 4) is 0 Å². The molecule has 1 aliphatic heterocycles. The number of aryl methyl sites for hydroxylation is 2. The van der Waals surface area contributed by atoms with E-state index in [1.54, 1.807) is 11.8 Å². The molecule has 100 valence electrons. The maximum atomic E-state index is 5.15. The van der Waals surface area contributed by atoms with E-state index in [1.165, 1.54) is 6.42 Å². The number of hydrogen-bond acceptors (Lipinski definition) is 4. The van der Waals surface area contributed by atoms with E-state index >= 15 is 0 Å². The van der Waals surface area contributed by atoms with E-state index in [4.69, 9.17) is 4.52 Å². The van der Waals surface area contributed by atoms with Gasteiger partial charge in [-0.2, -0.15) is 0 Å². The van der Waals surface area contributed by atoms with Gasteiger partial charge in [0.2, 0.25) is 0 Å². The van der Waals surface area contributed by atoms with Crippen molar-refractivity contribution in [1.82, 2.24) is 10.5 Å². The molecule has 1 unspecified atom stereocenters. The Hall–Kier alpha value is -0.970. The average molecular weight is 267 g/mol. The van der Waals surface area contributed by atoms with Gasteiger partial charge < -0.3 is 9.84 Å². The summed E-state index contributed by atoms with van der Waals surface area (Å²) in [5.74, 6) is 2.67. The van der Waals surface area contributed by atoms with Crippen molar-refractivity contribution in [1.29, 1.82) is 0 Å². The monoisotopic (exact) mass is 267 g/mol. The fourth-order valence-electron chi connectivity index (χ4n) is 2.02. The summed E-state index contributed by atoms with van der Waals surface area (Å²) in [7, 11) is 0. The Morgan fingerprint density at radius 1 is 1.50 bits per heavy atom. The predicted molar refractivity (Wildman–Crippen MR) is 76.0 cm³/mol. The van der Waals surface area contributed by atoms with Gasteiger partial charge in [-0.1, -0.05) is 30.8 Å². The molecule has 0 amide bonds. The van der Waals surface area contributed by atoms with Crippen LogP contribution < -0.4 is 5.32 Å². The molecule has 1 saturated heterocycles. The molecule has 1 atom stereocenters. The molecular weight excluding hydrogens is 246 g/mol. The molecule has 0 radical (unpaired) electrons. The van der Waals surface area contributed by atoms with Crippen LogP contribution in [0, 0.1) is 19.8 Å². The Balaban J connectivity index is 2.01. The first kappa shape index (κ1) is 13.5. The van der Waals surface area contributed by atoms with Crippen LogP contribution in [0.25, 0.3) is 0 Å². The first-order valence-electron chi connectivity index (χ1n) is 6.43. The number of hydrogen-bond donors (Lipinski definition) is 1. The Morgan fingerprint density at radius 2 is 2.28 bits per heavy atom. The van der Waals surface area contributed by atoms with Crippen LogP contribution in [0.2, 0.25) is 0 Å². The zero-order chi connectivity index (χ0) is 13.1. The summed E-state index contributed by atoms with van der Waals surface area (Å²) in [6.45, 7) is 9.05. The van der Waals surface area contributed by atoms with Gasteiger partial charge >= 0.3 is 0 Å². The highest BCUT2D eigenvalue weighted by atomic mass is 32.2. The Bertz CT molecular complexity index is 420. The number of rotatable bonds is 3. The smallest absolute Gasteiger partial charge is 0.157 e. The molecular formula is C13H21N3OS. The summed E-state index contributed by atoms with van der Waals surface area (Å²) in [5.41, 5.74) is 2.05. The summed E-state index contributed by atoms with van der Waals surface area (Å²) >= 11 is 1.81. The van der Waals surface area contributed by atoms with Crippen LogP contribution >= 0.6 is 11.8 Å². The molecule has 18 heavy (non-hydrogen) atoms. The molecule has 1 fully saturated rings. The van der Waals surface area contributed by atoms with Crippen LogP contribution in [-0.2, 0) is 6.54 Å². The van der Waals surface area contributed by atoms with Crippen LogP contribution in [0.1, 0.15) is 37.3 Å². The van der Waals surface area contributed by atoms with Crippen molar-refractivity contribution in [3.05, 3.63) is 17.0 Å². The predicted octanol–water partition coefficient (Wildman–Crippen LogP) is 2.90. The number of amidine groups is 1. The van der Waals surface area contributed by atoms with Gasteiger partial charge in [0.1, 0.15) is 5.76 Å². The second-order valence-electron chi connectivity index (χ2n) is 5.06. The lowest BCUT2D eigenvalue weighted by Crippen LogP contribution is -2.41.